The summed E-state index contributed by atoms with van der Waals surface area (Å²) >= 11 is 0. The van der Waals surface area contributed by atoms with Gasteiger partial charge in [-0.1, -0.05) is 12.1 Å². The molecule has 0 amide bonds. The Morgan fingerprint density at radius 2 is 2.13 bits per heavy atom. The quantitative estimate of drug-likeness (QED) is 0.811. The Bertz CT molecular complexity index is 702. The minimum atomic E-state index is -0.413. The van der Waals surface area contributed by atoms with Crippen LogP contribution in [-0.4, -0.2) is 31.7 Å². The number of carbonyl (C=O) groups is 1. The van der Waals surface area contributed by atoms with Crippen molar-refractivity contribution in [3.63, 3.8) is 0 Å². The second-order valence-electron chi connectivity index (χ2n) is 5.52. The maximum atomic E-state index is 11.7. The predicted molar refractivity (Wildman–Crippen MR) is 87.9 cm³/mol. The highest BCUT2D eigenvalue weighted by Crippen LogP contribution is 2.37. The van der Waals surface area contributed by atoms with Gasteiger partial charge in [-0.05, 0) is 42.7 Å². The lowest BCUT2D eigenvalue weighted by atomic mass is 10.0. The molecule has 0 spiro atoms. The molecular weight excluding hydrogens is 292 g/mol. The molecule has 0 bridgehead atoms. The van der Waals surface area contributed by atoms with E-state index in [1.54, 1.807) is 19.4 Å². The van der Waals surface area contributed by atoms with Gasteiger partial charge in [0, 0.05) is 18.4 Å². The number of anilines is 1. The number of nitrogens with zero attached hydrogens (tertiary/aromatic N) is 2. The van der Waals surface area contributed by atoms with E-state index in [0.29, 0.717) is 5.69 Å². The first-order valence-corrected chi connectivity index (χ1v) is 7.68. The van der Waals surface area contributed by atoms with Gasteiger partial charge in [-0.3, -0.25) is 0 Å². The fraction of sp³-hybridized carbons (Fsp3) is 0.333. The molecule has 1 fully saturated rings. The number of methoxy groups -OCH3 is 2. The molecule has 0 aliphatic carbocycles. The molecule has 120 valence electrons. The van der Waals surface area contributed by atoms with Gasteiger partial charge >= 0.3 is 5.97 Å². The fourth-order valence-electron chi connectivity index (χ4n) is 3.09. The average molecular weight is 312 g/mol. The maximum absolute atomic E-state index is 11.7. The molecule has 1 aromatic carbocycles. The second-order valence-corrected chi connectivity index (χ2v) is 5.52. The first kappa shape index (κ1) is 15.3. The van der Waals surface area contributed by atoms with E-state index in [9.17, 15) is 4.79 Å². The minimum Gasteiger partial charge on any atom is -0.497 e. The Balaban J connectivity index is 1.91. The molecule has 0 saturated carbocycles. The van der Waals surface area contributed by atoms with Crippen molar-refractivity contribution in [1.82, 2.24) is 4.98 Å². The van der Waals surface area contributed by atoms with E-state index in [4.69, 9.17) is 9.47 Å². The van der Waals surface area contributed by atoms with Crippen LogP contribution in [0.25, 0.3) is 0 Å². The van der Waals surface area contributed by atoms with Gasteiger partial charge in [0.2, 0.25) is 0 Å². The minimum absolute atomic E-state index is 0.276. The maximum Gasteiger partial charge on any atom is 0.356 e. The molecule has 1 atom stereocenters. The number of pyridine rings is 1. The molecule has 3 rings (SSSR count). The summed E-state index contributed by atoms with van der Waals surface area (Å²) in [6.45, 7) is 0.951. The zero-order valence-corrected chi connectivity index (χ0v) is 13.4. The van der Waals surface area contributed by atoms with Gasteiger partial charge in [0.15, 0.2) is 0 Å². The van der Waals surface area contributed by atoms with E-state index in [2.05, 4.69) is 22.0 Å². The van der Waals surface area contributed by atoms with Crippen LogP contribution in [0.2, 0.25) is 0 Å². The molecule has 0 radical (unpaired) electrons. The lowest BCUT2D eigenvalue weighted by molar-refractivity contribution is 0.0594. The van der Waals surface area contributed by atoms with Crippen LogP contribution in [-0.2, 0) is 4.74 Å². The highest BCUT2D eigenvalue weighted by atomic mass is 16.5. The Kier molecular flexibility index (Phi) is 4.46. The topological polar surface area (TPSA) is 51.7 Å². The summed E-state index contributed by atoms with van der Waals surface area (Å²) in [5.41, 5.74) is 2.55. The van der Waals surface area contributed by atoms with Gasteiger partial charge in [0.1, 0.15) is 11.4 Å². The van der Waals surface area contributed by atoms with Crippen molar-refractivity contribution in [2.24, 2.45) is 0 Å². The van der Waals surface area contributed by atoms with Crippen molar-refractivity contribution in [2.45, 2.75) is 18.9 Å². The van der Waals surface area contributed by atoms with E-state index >= 15 is 0 Å². The Hall–Kier alpha value is -2.56. The number of hydrogen-bond acceptors (Lipinski definition) is 5. The Labute approximate surface area is 135 Å². The molecule has 0 N–H and O–H groups in total. The van der Waals surface area contributed by atoms with Crippen LogP contribution in [0, 0.1) is 0 Å². The Morgan fingerprint density at radius 1 is 1.26 bits per heavy atom. The van der Waals surface area contributed by atoms with Crippen molar-refractivity contribution < 1.29 is 14.3 Å². The summed E-state index contributed by atoms with van der Waals surface area (Å²) in [4.78, 5) is 18.1. The summed E-state index contributed by atoms with van der Waals surface area (Å²) in [6, 6.07) is 12.2. The summed E-state index contributed by atoms with van der Waals surface area (Å²) in [7, 11) is 3.04. The number of hydrogen-bond donors (Lipinski definition) is 0. The molecule has 1 aliphatic rings. The third-order valence-corrected chi connectivity index (χ3v) is 4.20. The van der Waals surface area contributed by atoms with Crippen LogP contribution in [0.3, 0.4) is 0 Å². The number of esters is 1. The number of aromatic nitrogens is 1. The smallest absolute Gasteiger partial charge is 0.356 e. The highest BCUT2D eigenvalue weighted by molar-refractivity contribution is 5.88. The summed E-state index contributed by atoms with van der Waals surface area (Å²) < 4.78 is 10.1. The van der Waals surface area contributed by atoms with E-state index < -0.39 is 5.97 Å². The summed E-state index contributed by atoms with van der Waals surface area (Å²) in [5, 5.41) is 0. The van der Waals surface area contributed by atoms with Crippen LogP contribution in [0.4, 0.5) is 5.69 Å². The van der Waals surface area contributed by atoms with Crippen LogP contribution in [0.1, 0.15) is 34.9 Å². The number of benzene rings is 1. The highest BCUT2D eigenvalue weighted by Gasteiger charge is 2.27. The second kappa shape index (κ2) is 6.69. The summed E-state index contributed by atoms with van der Waals surface area (Å²) in [5.74, 6) is 0.448. The monoisotopic (exact) mass is 312 g/mol. The van der Waals surface area contributed by atoms with Crippen LogP contribution < -0.4 is 9.64 Å². The third kappa shape index (κ3) is 3.13. The standard InChI is InChI=1S/C18H20N2O3/c1-22-15-6-3-5-13(11-15)17-7-4-10-20(17)14-8-9-19-16(12-14)18(21)23-2/h3,5-6,8-9,11-12,17H,4,7,10H2,1-2H3/t17-/m1/s1. The average Bonchev–Trinajstić information content (AvgIpc) is 3.11. The molecule has 1 aliphatic heterocycles. The third-order valence-electron chi connectivity index (χ3n) is 4.20. The first-order valence-electron chi connectivity index (χ1n) is 7.68. The summed E-state index contributed by atoms with van der Waals surface area (Å²) in [6.07, 6.45) is 3.84. The first-order chi connectivity index (χ1) is 11.2. The van der Waals surface area contributed by atoms with Crippen molar-refractivity contribution in [1.29, 1.82) is 0 Å². The van der Waals surface area contributed by atoms with E-state index in [-0.39, 0.29) is 6.04 Å². The van der Waals surface area contributed by atoms with E-state index in [1.165, 1.54) is 12.7 Å². The van der Waals surface area contributed by atoms with Crippen LogP contribution in [0.5, 0.6) is 5.75 Å². The molecule has 1 aromatic heterocycles. The van der Waals surface area contributed by atoms with Gasteiger partial charge in [-0.2, -0.15) is 0 Å². The van der Waals surface area contributed by atoms with Crippen molar-refractivity contribution in [2.75, 3.05) is 25.7 Å². The van der Waals surface area contributed by atoms with Crippen molar-refractivity contribution in [3.05, 3.63) is 53.9 Å². The van der Waals surface area contributed by atoms with Gasteiger partial charge in [0.25, 0.3) is 0 Å². The lowest BCUT2D eigenvalue weighted by Gasteiger charge is -2.27. The zero-order valence-electron chi connectivity index (χ0n) is 13.4. The number of ether oxygens (including phenoxy) is 2. The molecule has 23 heavy (non-hydrogen) atoms. The number of carbonyl (C=O) groups excluding carboxylic acids is 1. The molecule has 2 heterocycles. The van der Waals surface area contributed by atoms with Crippen LogP contribution in [0.15, 0.2) is 42.6 Å². The number of rotatable bonds is 4. The predicted octanol–water partition coefficient (Wildman–Crippen LogP) is 3.22. The van der Waals surface area contributed by atoms with Gasteiger partial charge in [-0.25, -0.2) is 9.78 Å². The molecule has 2 aromatic rings. The van der Waals surface area contributed by atoms with E-state index in [0.717, 1.165) is 30.8 Å². The fourth-order valence-corrected chi connectivity index (χ4v) is 3.09. The normalized spacial score (nSPS) is 17.1. The molecule has 1 saturated heterocycles. The van der Waals surface area contributed by atoms with Gasteiger partial charge < -0.3 is 14.4 Å². The van der Waals surface area contributed by atoms with Gasteiger partial charge in [-0.15, -0.1) is 0 Å². The molecule has 5 heteroatoms. The van der Waals surface area contributed by atoms with Gasteiger partial charge in [0.05, 0.1) is 20.3 Å². The van der Waals surface area contributed by atoms with Crippen molar-refractivity contribution in [3.8, 4) is 5.75 Å². The molecule has 5 nitrogen and oxygen atoms in total. The SMILES string of the molecule is COC(=O)c1cc(N2CCC[C@@H]2c2cccc(OC)c2)ccn1. The molecule has 0 unspecified atom stereocenters. The Morgan fingerprint density at radius 3 is 2.91 bits per heavy atom. The molecular formula is C18H20N2O3. The van der Waals surface area contributed by atoms with Crippen LogP contribution >= 0.6 is 0 Å². The largest absolute Gasteiger partial charge is 0.497 e. The lowest BCUT2D eigenvalue weighted by Crippen LogP contribution is -2.23. The van der Waals surface area contributed by atoms with Crippen molar-refractivity contribution >= 4 is 11.7 Å². The van der Waals surface area contributed by atoms with E-state index in [1.807, 2.05) is 18.2 Å². The zero-order chi connectivity index (χ0) is 16.2.